The molecule has 0 saturated heterocycles. The van der Waals surface area contributed by atoms with E-state index >= 15 is 0 Å². The van der Waals surface area contributed by atoms with Crippen LogP contribution in [0.1, 0.15) is 22.3 Å². The zero-order chi connectivity index (χ0) is 19.7. The van der Waals surface area contributed by atoms with E-state index in [-0.39, 0.29) is 0 Å². The molecule has 0 radical (unpaired) electrons. The highest BCUT2D eigenvalue weighted by molar-refractivity contribution is 5.81. The number of aryl methyl sites for hydroxylation is 3. The first-order chi connectivity index (χ1) is 13.5. The third kappa shape index (κ3) is 3.40. The molecular formula is C25H26N2O. The highest BCUT2D eigenvalue weighted by atomic mass is 16.5. The third-order valence-electron chi connectivity index (χ3n) is 5.40. The second-order valence-corrected chi connectivity index (χ2v) is 7.44. The second-order valence-electron chi connectivity index (χ2n) is 7.44. The molecule has 0 amide bonds. The van der Waals surface area contributed by atoms with Gasteiger partial charge in [0, 0.05) is 5.56 Å². The first-order valence-corrected chi connectivity index (χ1v) is 9.76. The van der Waals surface area contributed by atoms with Crippen LogP contribution in [0, 0.1) is 27.7 Å². The zero-order valence-corrected chi connectivity index (χ0v) is 17.0. The van der Waals surface area contributed by atoms with Crippen molar-refractivity contribution in [2.45, 2.75) is 34.2 Å². The van der Waals surface area contributed by atoms with Crippen molar-refractivity contribution in [3.05, 3.63) is 82.9 Å². The molecule has 0 aliphatic rings. The van der Waals surface area contributed by atoms with E-state index in [4.69, 9.17) is 9.72 Å². The van der Waals surface area contributed by atoms with Crippen LogP contribution in [0.2, 0.25) is 0 Å². The zero-order valence-electron chi connectivity index (χ0n) is 17.0. The third-order valence-corrected chi connectivity index (χ3v) is 5.40. The number of imidazole rings is 1. The smallest absolute Gasteiger partial charge is 0.141 e. The van der Waals surface area contributed by atoms with Gasteiger partial charge in [-0.15, -0.1) is 0 Å². The van der Waals surface area contributed by atoms with Gasteiger partial charge in [-0.05, 0) is 62.6 Å². The first kappa shape index (κ1) is 18.3. The van der Waals surface area contributed by atoms with Crippen LogP contribution in [0.25, 0.3) is 22.4 Å². The summed E-state index contributed by atoms with van der Waals surface area (Å²) in [5, 5.41) is 0. The van der Waals surface area contributed by atoms with Crippen molar-refractivity contribution in [3.8, 4) is 17.1 Å². The molecular weight excluding hydrogens is 344 g/mol. The van der Waals surface area contributed by atoms with Gasteiger partial charge in [0.1, 0.15) is 18.2 Å². The van der Waals surface area contributed by atoms with E-state index in [2.05, 4.69) is 74.7 Å². The van der Waals surface area contributed by atoms with Gasteiger partial charge < -0.3 is 9.30 Å². The lowest BCUT2D eigenvalue weighted by atomic mass is 10.1. The van der Waals surface area contributed by atoms with Gasteiger partial charge in [0.05, 0.1) is 17.6 Å². The van der Waals surface area contributed by atoms with Crippen LogP contribution < -0.4 is 4.74 Å². The lowest BCUT2D eigenvalue weighted by molar-refractivity contribution is 0.298. The summed E-state index contributed by atoms with van der Waals surface area (Å²) >= 11 is 0. The van der Waals surface area contributed by atoms with Crippen LogP contribution in [0.3, 0.4) is 0 Å². The molecule has 4 rings (SSSR count). The molecule has 4 aromatic rings. The van der Waals surface area contributed by atoms with Crippen LogP contribution in [0.15, 0.2) is 60.7 Å². The molecule has 0 saturated carbocycles. The average molecular weight is 370 g/mol. The van der Waals surface area contributed by atoms with E-state index in [1.54, 1.807) is 0 Å². The van der Waals surface area contributed by atoms with Crippen molar-refractivity contribution in [2.24, 2.45) is 0 Å². The van der Waals surface area contributed by atoms with Crippen molar-refractivity contribution in [2.75, 3.05) is 6.61 Å². The Kier molecular flexibility index (Phi) is 4.91. The van der Waals surface area contributed by atoms with Crippen LogP contribution in [0.5, 0.6) is 5.75 Å². The summed E-state index contributed by atoms with van der Waals surface area (Å²) in [5.74, 6) is 1.96. The minimum absolute atomic E-state index is 0.600. The molecule has 1 aromatic heterocycles. The van der Waals surface area contributed by atoms with Crippen LogP contribution in [0.4, 0.5) is 0 Å². The fraction of sp³-hybridized carbons (Fsp3) is 0.240. The Balaban J connectivity index is 1.68. The van der Waals surface area contributed by atoms with Crippen LogP contribution in [-0.4, -0.2) is 16.2 Å². The molecule has 0 fully saturated rings. The van der Waals surface area contributed by atoms with Gasteiger partial charge in [0.25, 0.3) is 0 Å². The van der Waals surface area contributed by atoms with Crippen molar-refractivity contribution < 1.29 is 4.74 Å². The summed E-state index contributed by atoms with van der Waals surface area (Å²) in [5.41, 5.74) is 8.29. The topological polar surface area (TPSA) is 27.1 Å². The molecule has 0 aliphatic carbocycles. The van der Waals surface area contributed by atoms with E-state index < -0.39 is 0 Å². The Labute approximate surface area is 166 Å². The number of aromatic nitrogens is 2. The SMILES string of the molecule is Cc1ccc(-c2nc3ccccc3n2CCOc2cccc(C)c2C)c(C)c1. The van der Waals surface area contributed by atoms with Gasteiger partial charge in [-0.3, -0.25) is 0 Å². The summed E-state index contributed by atoms with van der Waals surface area (Å²) in [6, 6.07) is 21.1. The van der Waals surface area contributed by atoms with Crippen molar-refractivity contribution in [1.82, 2.24) is 9.55 Å². The van der Waals surface area contributed by atoms with E-state index in [0.717, 1.165) is 29.2 Å². The predicted molar refractivity (Wildman–Crippen MR) is 116 cm³/mol. The van der Waals surface area contributed by atoms with Gasteiger partial charge in [-0.25, -0.2) is 4.98 Å². The number of hydrogen-bond donors (Lipinski definition) is 0. The molecule has 0 aliphatic heterocycles. The Hall–Kier alpha value is -3.07. The number of hydrogen-bond acceptors (Lipinski definition) is 2. The lowest BCUT2D eigenvalue weighted by Gasteiger charge is -2.14. The number of fused-ring (bicyclic) bond motifs is 1. The number of rotatable bonds is 5. The normalized spacial score (nSPS) is 11.1. The number of benzene rings is 3. The molecule has 3 heteroatoms. The molecule has 3 aromatic carbocycles. The molecule has 0 spiro atoms. The van der Waals surface area contributed by atoms with Gasteiger partial charge in [0.2, 0.25) is 0 Å². The number of nitrogens with zero attached hydrogens (tertiary/aromatic N) is 2. The average Bonchev–Trinajstić information content (AvgIpc) is 3.03. The maximum absolute atomic E-state index is 6.13. The van der Waals surface area contributed by atoms with Crippen LogP contribution in [-0.2, 0) is 6.54 Å². The molecule has 0 N–H and O–H groups in total. The molecule has 28 heavy (non-hydrogen) atoms. The molecule has 142 valence electrons. The minimum atomic E-state index is 0.600. The monoisotopic (exact) mass is 370 g/mol. The van der Waals surface area contributed by atoms with Gasteiger partial charge >= 0.3 is 0 Å². The molecule has 3 nitrogen and oxygen atoms in total. The summed E-state index contributed by atoms with van der Waals surface area (Å²) < 4.78 is 8.41. The van der Waals surface area contributed by atoms with Gasteiger partial charge in [0.15, 0.2) is 0 Å². The largest absolute Gasteiger partial charge is 0.491 e. The molecule has 0 unspecified atom stereocenters. The molecule has 0 bridgehead atoms. The maximum atomic E-state index is 6.13. The Morgan fingerprint density at radius 2 is 1.68 bits per heavy atom. The lowest BCUT2D eigenvalue weighted by Crippen LogP contribution is -2.10. The summed E-state index contributed by atoms with van der Waals surface area (Å²) in [6.07, 6.45) is 0. The van der Waals surface area contributed by atoms with Crippen LogP contribution >= 0.6 is 0 Å². The standard InChI is InChI=1S/C25H26N2O/c1-17-12-13-21(19(3)16-17)25-26-22-9-5-6-10-23(22)27(25)14-15-28-24-11-7-8-18(2)20(24)4/h5-13,16H,14-15H2,1-4H3. The first-order valence-electron chi connectivity index (χ1n) is 9.76. The number of ether oxygens (including phenoxy) is 1. The van der Waals surface area contributed by atoms with Crippen molar-refractivity contribution >= 4 is 11.0 Å². The predicted octanol–water partition coefficient (Wildman–Crippen LogP) is 6.02. The van der Waals surface area contributed by atoms with E-state index in [1.807, 2.05) is 18.2 Å². The van der Waals surface area contributed by atoms with Crippen molar-refractivity contribution in [1.29, 1.82) is 0 Å². The second kappa shape index (κ2) is 7.51. The summed E-state index contributed by atoms with van der Waals surface area (Å²) in [6.45, 7) is 9.84. The quantitative estimate of drug-likeness (QED) is 0.430. The Bertz CT molecular complexity index is 1140. The highest BCUT2D eigenvalue weighted by Crippen LogP contribution is 2.28. The maximum Gasteiger partial charge on any atom is 0.141 e. The van der Waals surface area contributed by atoms with E-state index in [0.29, 0.717) is 6.61 Å². The highest BCUT2D eigenvalue weighted by Gasteiger charge is 2.14. The summed E-state index contributed by atoms with van der Waals surface area (Å²) in [4.78, 5) is 4.94. The fourth-order valence-electron chi connectivity index (χ4n) is 3.70. The minimum Gasteiger partial charge on any atom is -0.491 e. The molecule has 0 atom stereocenters. The van der Waals surface area contributed by atoms with E-state index in [1.165, 1.54) is 27.8 Å². The summed E-state index contributed by atoms with van der Waals surface area (Å²) in [7, 11) is 0. The van der Waals surface area contributed by atoms with E-state index in [9.17, 15) is 0 Å². The van der Waals surface area contributed by atoms with Gasteiger partial charge in [-0.2, -0.15) is 0 Å². The molecule has 1 heterocycles. The van der Waals surface area contributed by atoms with Crippen molar-refractivity contribution in [3.63, 3.8) is 0 Å². The van der Waals surface area contributed by atoms with Gasteiger partial charge in [-0.1, -0.05) is 48.0 Å². The Morgan fingerprint density at radius 3 is 2.50 bits per heavy atom. The fourth-order valence-corrected chi connectivity index (χ4v) is 3.70. The Morgan fingerprint density at radius 1 is 0.857 bits per heavy atom. The number of para-hydroxylation sites is 2.